The number of hydrogen-bond donors (Lipinski definition) is 1. The number of alkyl halides is 3. The maximum absolute atomic E-state index is 12.9. The SMILES string of the molecule is CC(CS(=O)(=O)c1ccc(F)cc1)C(=O)Nc1ncc(C#N)c(C(F)(F)F)n1. The Hall–Kier alpha value is -3.07. The van der Waals surface area contributed by atoms with Crippen LogP contribution in [0.15, 0.2) is 35.4 Å². The van der Waals surface area contributed by atoms with Crippen molar-refractivity contribution in [2.24, 2.45) is 5.92 Å². The minimum atomic E-state index is -4.94. The van der Waals surface area contributed by atoms with E-state index < -0.39 is 56.6 Å². The smallest absolute Gasteiger partial charge is 0.294 e. The predicted molar refractivity (Wildman–Crippen MR) is 88.0 cm³/mol. The average Bonchev–Trinajstić information content (AvgIpc) is 2.60. The third-order valence-electron chi connectivity index (χ3n) is 3.50. The lowest BCUT2D eigenvalue weighted by Gasteiger charge is -2.13. The second kappa shape index (κ2) is 7.89. The zero-order valence-corrected chi connectivity index (χ0v) is 15.0. The molecule has 0 saturated carbocycles. The van der Waals surface area contributed by atoms with Crippen LogP contribution in [0.2, 0.25) is 0 Å². The van der Waals surface area contributed by atoms with Gasteiger partial charge in [-0.2, -0.15) is 18.4 Å². The number of nitriles is 1. The van der Waals surface area contributed by atoms with Crippen molar-refractivity contribution in [3.05, 3.63) is 47.5 Å². The fourth-order valence-electron chi connectivity index (χ4n) is 2.12. The van der Waals surface area contributed by atoms with Gasteiger partial charge in [0.25, 0.3) is 0 Å². The highest BCUT2D eigenvalue weighted by Gasteiger charge is 2.36. The minimum absolute atomic E-state index is 0.206. The lowest BCUT2D eigenvalue weighted by Crippen LogP contribution is -2.28. The van der Waals surface area contributed by atoms with E-state index in [1.807, 2.05) is 5.32 Å². The summed E-state index contributed by atoms with van der Waals surface area (Å²) in [6, 6.07) is 5.26. The van der Waals surface area contributed by atoms with Crippen molar-refractivity contribution in [2.45, 2.75) is 18.0 Å². The number of carbonyl (C=O) groups excluding carboxylic acids is 1. The summed E-state index contributed by atoms with van der Waals surface area (Å²) >= 11 is 0. The van der Waals surface area contributed by atoms with Crippen LogP contribution in [-0.2, 0) is 20.8 Å². The molecule has 1 heterocycles. The average molecular weight is 416 g/mol. The van der Waals surface area contributed by atoms with Crippen molar-refractivity contribution in [1.82, 2.24) is 9.97 Å². The summed E-state index contributed by atoms with van der Waals surface area (Å²) < 4.78 is 76.1. The second-order valence-electron chi connectivity index (χ2n) is 5.69. The molecule has 2 rings (SSSR count). The van der Waals surface area contributed by atoms with Gasteiger partial charge in [-0.15, -0.1) is 0 Å². The molecule has 2 aromatic rings. The Kier molecular flexibility index (Phi) is 5.98. The quantitative estimate of drug-likeness (QED) is 0.592. The molecule has 28 heavy (non-hydrogen) atoms. The molecular weight excluding hydrogens is 404 g/mol. The first-order valence-electron chi connectivity index (χ1n) is 7.57. The number of carbonyl (C=O) groups is 1. The van der Waals surface area contributed by atoms with Gasteiger partial charge in [0, 0.05) is 5.92 Å². The molecule has 7 nitrogen and oxygen atoms in total. The number of sulfone groups is 1. The molecule has 1 N–H and O–H groups in total. The number of amides is 1. The molecule has 1 aromatic heterocycles. The van der Waals surface area contributed by atoms with E-state index in [1.165, 1.54) is 13.0 Å². The van der Waals surface area contributed by atoms with E-state index >= 15 is 0 Å². The summed E-state index contributed by atoms with van der Waals surface area (Å²) in [5.74, 6) is -4.15. The summed E-state index contributed by atoms with van der Waals surface area (Å²) in [6.07, 6.45) is -4.34. The molecule has 1 amide bonds. The van der Waals surface area contributed by atoms with E-state index in [4.69, 9.17) is 5.26 Å². The number of anilines is 1. The van der Waals surface area contributed by atoms with Crippen molar-refractivity contribution >= 4 is 21.7 Å². The zero-order valence-electron chi connectivity index (χ0n) is 14.2. The fraction of sp³-hybridized carbons (Fsp3) is 0.250. The Morgan fingerprint density at radius 1 is 1.29 bits per heavy atom. The van der Waals surface area contributed by atoms with Crippen LogP contribution in [0.25, 0.3) is 0 Å². The molecule has 0 aliphatic carbocycles. The molecular formula is C16H12F4N4O3S. The number of benzene rings is 1. The number of aromatic nitrogens is 2. The molecule has 0 spiro atoms. The van der Waals surface area contributed by atoms with Crippen molar-refractivity contribution in [2.75, 3.05) is 11.1 Å². The summed E-state index contributed by atoms with van der Waals surface area (Å²) in [6.45, 7) is 1.24. The highest BCUT2D eigenvalue weighted by molar-refractivity contribution is 7.91. The molecule has 1 unspecified atom stereocenters. The zero-order chi connectivity index (χ0) is 21.1. The Morgan fingerprint density at radius 2 is 1.89 bits per heavy atom. The highest BCUT2D eigenvalue weighted by atomic mass is 32.2. The van der Waals surface area contributed by atoms with Gasteiger partial charge in [0.05, 0.1) is 16.8 Å². The topological polar surface area (TPSA) is 113 Å². The maximum atomic E-state index is 12.9. The largest absolute Gasteiger partial charge is 0.434 e. The first kappa shape index (κ1) is 21.2. The molecule has 1 aromatic carbocycles. The summed E-state index contributed by atoms with van der Waals surface area (Å²) in [5.41, 5.74) is -2.34. The minimum Gasteiger partial charge on any atom is -0.294 e. The van der Waals surface area contributed by atoms with Gasteiger partial charge < -0.3 is 0 Å². The van der Waals surface area contributed by atoms with Crippen LogP contribution in [0.5, 0.6) is 0 Å². The number of nitrogens with one attached hydrogen (secondary N) is 1. The van der Waals surface area contributed by atoms with E-state index in [2.05, 4.69) is 9.97 Å². The first-order valence-corrected chi connectivity index (χ1v) is 9.23. The highest BCUT2D eigenvalue weighted by Crippen LogP contribution is 2.30. The van der Waals surface area contributed by atoms with Crippen LogP contribution in [-0.4, -0.2) is 30.0 Å². The van der Waals surface area contributed by atoms with Gasteiger partial charge in [0.2, 0.25) is 11.9 Å². The van der Waals surface area contributed by atoms with E-state index in [-0.39, 0.29) is 4.90 Å². The number of hydrogen-bond acceptors (Lipinski definition) is 6. The van der Waals surface area contributed by atoms with Crippen molar-refractivity contribution in [3.63, 3.8) is 0 Å². The van der Waals surface area contributed by atoms with Gasteiger partial charge >= 0.3 is 6.18 Å². The lowest BCUT2D eigenvalue weighted by atomic mass is 10.2. The lowest BCUT2D eigenvalue weighted by molar-refractivity contribution is -0.141. The van der Waals surface area contributed by atoms with Crippen LogP contribution in [0.4, 0.5) is 23.5 Å². The third-order valence-corrected chi connectivity index (χ3v) is 5.43. The van der Waals surface area contributed by atoms with Crippen LogP contribution < -0.4 is 5.32 Å². The number of rotatable bonds is 5. The van der Waals surface area contributed by atoms with E-state index in [1.54, 1.807) is 0 Å². The van der Waals surface area contributed by atoms with Crippen molar-refractivity contribution in [1.29, 1.82) is 5.26 Å². The fourth-order valence-corrected chi connectivity index (χ4v) is 3.67. The van der Waals surface area contributed by atoms with E-state index in [0.717, 1.165) is 24.3 Å². The number of nitrogens with zero attached hydrogens (tertiary/aromatic N) is 3. The molecule has 1 atom stereocenters. The van der Waals surface area contributed by atoms with E-state index in [0.29, 0.717) is 6.20 Å². The van der Waals surface area contributed by atoms with E-state index in [9.17, 15) is 30.8 Å². The van der Waals surface area contributed by atoms with Crippen molar-refractivity contribution < 1.29 is 30.8 Å². The maximum Gasteiger partial charge on any atom is 0.434 e. The first-order chi connectivity index (χ1) is 12.9. The monoisotopic (exact) mass is 416 g/mol. The summed E-state index contributed by atoms with van der Waals surface area (Å²) in [7, 11) is -3.95. The number of halogens is 4. The predicted octanol–water partition coefficient (Wildman–Crippen LogP) is 2.55. The van der Waals surface area contributed by atoms with Crippen LogP contribution in [0, 0.1) is 23.1 Å². The molecule has 0 saturated heterocycles. The molecule has 148 valence electrons. The molecule has 0 bridgehead atoms. The standard InChI is InChI=1S/C16H12F4N4O3S/c1-9(8-28(26,27)12-4-2-11(17)3-5-12)14(25)24-15-22-7-10(6-21)13(23-15)16(18,19)20/h2-5,7,9H,8H2,1H3,(H,22,23,24,25). The Bertz CT molecular complexity index is 1030. The Balaban J connectivity index is 2.16. The van der Waals surface area contributed by atoms with Gasteiger partial charge in [-0.3, -0.25) is 10.1 Å². The third kappa shape index (κ3) is 5.01. The Labute approximate surface area is 157 Å². The molecule has 0 aliphatic rings. The second-order valence-corrected chi connectivity index (χ2v) is 7.73. The van der Waals surface area contributed by atoms with Gasteiger partial charge in [0.15, 0.2) is 15.5 Å². The normalized spacial score (nSPS) is 12.9. The van der Waals surface area contributed by atoms with Gasteiger partial charge in [0.1, 0.15) is 17.4 Å². The van der Waals surface area contributed by atoms with Crippen LogP contribution in [0.1, 0.15) is 18.2 Å². The van der Waals surface area contributed by atoms with Crippen LogP contribution >= 0.6 is 0 Å². The van der Waals surface area contributed by atoms with Gasteiger partial charge in [-0.05, 0) is 24.3 Å². The molecule has 12 heteroatoms. The van der Waals surface area contributed by atoms with Crippen LogP contribution in [0.3, 0.4) is 0 Å². The van der Waals surface area contributed by atoms with Gasteiger partial charge in [-0.1, -0.05) is 6.92 Å². The molecule has 0 aliphatic heterocycles. The van der Waals surface area contributed by atoms with Gasteiger partial charge in [-0.25, -0.2) is 22.8 Å². The summed E-state index contributed by atoms with van der Waals surface area (Å²) in [4.78, 5) is 18.5. The van der Waals surface area contributed by atoms with Crippen molar-refractivity contribution in [3.8, 4) is 6.07 Å². The molecule has 0 radical (unpaired) electrons. The molecule has 0 fully saturated rings. The Morgan fingerprint density at radius 3 is 2.43 bits per heavy atom. The summed E-state index contributed by atoms with van der Waals surface area (Å²) in [5, 5.41) is 10.7.